The molecule has 0 heterocycles. The van der Waals surface area contributed by atoms with Gasteiger partial charge in [0.1, 0.15) is 6.10 Å². The van der Waals surface area contributed by atoms with E-state index in [0.717, 1.165) is 19.3 Å². The Bertz CT molecular complexity index is 211. The van der Waals surface area contributed by atoms with Gasteiger partial charge in [0.05, 0.1) is 0 Å². The second kappa shape index (κ2) is 8.13. The first-order valence-electron chi connectivity index (χ1n) is 5.90. The monoisotopic (exact) mass is 230 g/mol. The van der Waals surface area contributed by atoms with Gasteiger partial charge in [-0.25, -0.2) is 4.79 Å². The van der Waals surface area contributed by atoms with Gasteiger partial charge in [0.2, 0.25) is 6.10 Å². The van der Waals surface area contributed by atoms with Crippen LogP contribution in [0.25, 0.3) is 0 Å². The highest BCUT2D eigenvalue weighted by molar-refractivity contribution is 5.76. The maximum atomic E-state index is 11.8. The maximum Gasteiger partial charge on any atom is 0.347 e. The van der Waals surface area contributed by atoms with Crippen LogP contribution in [0.2, 0.25) is 0 Å². The molecule has 0 radical (unpaired) electrons. The molecule has 4 heteroatoms. The highest BCUT2D eigenvalue weighted by atomic mass is 16.6. The molecular weight excluding hydrogens is 208 g/mol. The Balaban J connectivity index is 4.42. The van der Waals surface area contributed by atoms with Crippen molar-refractivity contribution in [3.63, 3.8) is 0 Å². The van der Waals surface area contributed by atoms with E-state index in [4.69, 9.17) is 9.47 Å². The molecule has 4 nitrogen and oxygen atoms in total. The number of esters is 1. The van der Waals surface area contributed by atoms with Crippen LogP contribution in [0, 0.1) is 5.92 Å². The van der Waals surface area contributed by atoms with Crippen molar-refractivity contribution < 1.29 is 19.1 Å². The van der Waals surface area contributed by atoms with E-state index in [1.54, 1.807) is 0 Å². The van der Waals surface area contributed by atoms with Crippen molar-refractivity contribution in [3.05, 3.63) is 0 Å². The topological polar surface area (TPSA) is 52.6 Å². The molecule has 0 aliphatic carbocycles. The van der Waals surface area contributed by atoms with Crippen molar-refractivity contribution in [2.75, 3.05) is 0 Å². The van der Waals surface area contributed by atoms with Gasteiger partial charge in [0.15, 0.2) is 0 Å². The second-order valence-corrected chi connectivity index (χ2v) is 3.91. The molecule has 16 heavy (non-hydrogen) atoms. The first-order chi connectivity index (χ1) is 7.60. The lowest BCUT2D eigenvalue weighted by Crippen LogP contribution is -2.34. The Morgan fingerprint density at radius 2 is 1.75 bits per heavy atom. The fraction of sp³-hybridized carbons (Fsp3) is 0.833. The van der Waals surface area contributed by atoms with Crippen molar-refractivity contribution in [3.8, 4) is 0 Å². The molecule has 0 rings (SSSR count). The molecule has 0 N–H and O–H groups in total. The van der Waals surface area contributed by atoms with Gasteiger partial charge in [-0.3, -0.25) is 4.79 Å². The summed E-state index contributed by atoms with van der Waals surface area (Å²) in [4.78, 5) is 22.1. The number of ether oxygens (including phenoxy) is 2. The molecular formula is C12H22O4. The van der Waals surface area contributed by atoms with E-state index < -0.39 is 12.1 Å². The number of rotatable bonds is 8. The summed E-state index contributed by atoms with van der Waals surface area (Å²) < 4.78 is 10.1. The van der Waals surface area contributed by atoms with Crippen LogP contribution < -0.4 is 0 Å². The largest absolute Gasteiger partial charge is 0.460 e. The van der Waals surface area contributed by atoms with Crippen LogP contribution >= 0.6 is 0 Å². The van der Waals surface area contributed by atoms with Crippen molar-refractivity contribution in [1.82, 2.24) is 0 Å². The highest BCUT2D eigenvalue weighted by Crippen LogP contribution is 2.15. The van der Waals surface area contributed by atoms with E-state index >= 15 is 0 Å². The molecule has 0 aromatic rings. The third kappa shape index (κ3) is 4.64. The molecule has 0 aromatic heterocycles. The molecule has 0 spiro atoms. The van der Waals surface area contributed by atoms with Gasteiger partial charge in [-0.05, 0) is 19.3 Å². The van der Waals surface area contributed by atoms with Crippen molar-refractivity contribution in [1.29, 1.82) is 0 Å². The Kier molecular flexibility index (Phi) is 7.60. The number of carbonyl (C=O) groups is 2. The molecule has 0 saturated carbocycles. The van der Waals surface area contributed by atoms with Gasteiger partial charge in [-0.1, -0.05) is 27.7 Å². The minimum atomic E-state index is -0.775. The van der Waals surface area contributed by atoms with Gasteiger partial charge in [-0.2, -0.15) is 0 Å². The fourth-order valence-electron chi connectivity index (χ4n) is 1.38. The standard InChI is InChI=1S/C12H22O4/c1-5-9(4)11(15-8-13)12(14)16-10(6-2)7-3/h8-11H,5-7H2,1-4H3. The lowest BCUT2D eigenvalue weighted by Gasteiger charge is -2.22. The summed E-state index contributed by atoms with van der Waals surface area (Å²) >= 11 is 0. The summed E-state index contributed by atoms with van der Waals surface area (Å²) in [5.41, 5.74) is 0. The smallest absolute Gasteiger partial charge is 0.347 e. The third-order valence-corrected chi connectivity index (χ3v) is 2.79. The molecule has 0 aliphatic heterocycles. The van der Waals surface area contributed by atoms with Crippen LogP contribution in [0.5, 0.6) is 0 Å². The summed E-state index contributed by atoms with van der Waals surface area (Å²) in [6.45, 7) is 8.03. The maximum absolute atomic E-state index is 11.8. The Morgan fingerprint density at radius 1 is 1.19 bits per heavy atom. The zero-order valence-electron chi connectivity index (χ0n) is 10.6. The van der Waals surface area contributed by atoms with Crippen LogP contribution in [0.3, 0.4) is 0 Å². The van der Waals surface area contributed by atoms with Crippen molar-refractivity contribution in [2.45, 2.75) is 59.2 Å². The zero-order chi connectivity index (χ0) is 12.6. The minimum absolute atomic E-state index is 0.0212. The van der Waals surface area contributed by atoms with E-state index in [2.05, 4.69) is 0 Å². The summed E-state index contributed by atoms with van der Waals surface area (Å²) in [5.74, 6) is -0.456. The molecule has 0 fully saturated rings. The second-order valence-electron chi connectivity index (χ2n) is 3.91. The highest BCUT2D eigenvalue weighted by Gasteiger charge is 2.28. The van der Waals surface area contributed by atoms with E-state index in [0.29, 0.717) is 6.47 Å². The lowest BCUT2D eigenvalue weighted by molar-refractivity contribution is -0.169. The summed E-state index contributed by atoms with van der Waals surface area (Å²) in [6, 6.07) is 0. The van der Waals surface area contributed by atoms with Gasteiger partial charge in [0.25, 0.3) is 6.47 Å². The Morgan fingerprint density at radius 3 is 2.12 bits per heavy atom. The molecule has 0 bridgehead atoms. The first-order valence-corrected chi connectivity index (χ1v) is 5.90. The number of hydrogen-bond acceptors (Lipinski definition) is 4. The van der Waals surface area contributed by atoms with E-state index in [1.165, 1.54) is 0 Å². The lowest BCUT2D eigenvalue weighted by atomic mass is 10.0. The average Bonchev–Trinajstić information content (AvgIpc) is 2.31. The van der Waals surface area contributed by atoms with Gasteiger partial charge < -0.3 is 9.47 Å². The van der Waals surface area contributed by atoms with Gasteiger partial charge >= 0.3 is 5.97 Å². The van der Waals surface area contributed by atoms with Crippen molar-refractivity contribution in [2.24, 2.45) is 5.92 Å². The Hall–Kier alpha value is -1.06. The van der Waals surface area contributed by atoms with E-state index in [9.17, 15) is 9.59 Å². The normalized spacial score (nSPS) is 14.3. The Labute approximate surface area is 97.3 Å². The predicted octanol–water partition coefficient (Wildman–Crippen LogP) is 2.31. The van der Waals surface area contributed by atoms with Crippen LogP contribution in [0.1, 0.15) is 47.0 Å². The van der Waals surface area contributed by atoms with Crippen LogP contribution in [-0.2, 0) is 19.1 Å². The molecule has 94 valence electrons. The van der Waals surface area contributed by atoms with Crippen LogP contribution in [0.15, 0.2) is 0 Å². The molecule has 2 unspecified atom stereocenters. The van der Waals surface area contributed by atoms with E-state index in [1.807, 2.05) is 27.7 Å². The molecule has 2 atom stereocenters. The van der Waals surface area contributed by atoms with Crippen LogP contribution in [-0.4, -0.2) is 24.6 Å². The van der Waals surface area contributed by atoms with Gasteiger partial charge in [0, 0.05) is 5.92 Å². The third-order valence-electron chi connectivity index (χ3n) is 2.79. The SMILES string of the molecule is CCC(CC)OC(=O)C(OC=O)C(C)CC. The molecule has 0 saturated heterocycles. The van der Waals surface area contributed by atoms with Gasteiger partial charge in [-0.15, -0.1) is 0 Å². The zero-order valence-corrected chi connectivity index (χ0v) is 10.6. The van der Waals surface area contributed by atoms with E-state index in [-0.39, 0.29) is 12.0 Å². The predicted molar refractivity (Wildman–Crippen MR) is 60.9 cm³/mol. The molecule has 0 amide bonds. The molecule has 0 aromatic carbocycles. The number of carbonyl (C=O) groups excluding carboxylic acids is 2. The summed E-state index contributed by atoms with van der Waals surface area (Å²) in [5, 5.41) is 0. The summed E-state index contributed by atoms with van der Waals surface area (Å²) in [7, 11) is 0. The quantitative estimate of drug-likeness (QED) is 0.474. The molecule has 0 aliphatic rings. The first kappa shape index (κ1) is 14.9. The summed E-state index contributed by atoms with van der Waals surface area (Å²) in [6.07, 6.45) is 1.45. The number of hydrogen-bond donors (Lipinski definition) is 0. The van der Waals surface area contributed by atoms with Crippen molar-refractivity contribution >= 4 is 12.4 Å². The fourth-order valence-corrected chi connectivity index (χ4v) is 1.38. The van der Waals surface area contributed by atoms with Crippen LogP contribution in [0.4, 0.5) is 0 Å². The average molecular weight is 230 g/mol. The minimum Gasteiger partial charge on any atom is -0.460 e.